The summed E-state index contributed by atoms with van der Waals surface area (Å²) in [6.07, 6.45) is 0.893. The Bertz CT molecular complexity index is 268. The van der Waals surface area contributed by atoms with Crippen molar-refractivity contribution in [3.05, 3.63) is 11.6 Å². The van der Waals surface area contributed by atoms with Crippen LogP contribution in [0.5, 0.6) is 0 Å². The van der Waals surface area contributed by atoms with Crippen molar-refractivity contribution in [3.63, 3.8) is 0 Å². The molecule has 0 aromatic carbocycles. The lowest BCUT2D eigenvalue weighted by Crippen LogP contribution is -2.35. The van der Waals surface area contributed by atoms with Crippen LogP contribution in [0.25, 0.3) is 0 Å². The third-order valence-electron chi connectivity index (χ3n) is 1.13. The van der Waals surface area contributed by atoms with Crippen molar-refractivity contribution in [2.24, 2.45) is 5.84 Å². The summed E-state index contributed by atoms with van der Waals surface area (Å²) in [4.78, 5) is 31.8. The third kappa shape index (κ3) is 1.24. The highest BCUT2D eigenvalue weighted by atomic mass is 16.2. The molecule has 0 atom stereocenters. The van der Waals surface area contributed by atoms with Gasteiger partial charge < -0.3 is 0 Å². The zero-order valence-corrected chi connectivity index (χ0v) is 5.38. The van der Waals surface area contributed by atoms with Crippen LogP contribution in [-0.2, 0) is 14.4 Å². The van der Waals surface area contributed by atoms with Gasteiger partial charge in [0.15, 0.2) is 0 Å². The lowest BCUT2D eigenvalue weighted by atomic mass is 10.2. The summed E-state index contributed by atoms with van der Waals surface area (Å²) in [5, 5.41) is 1.90. The molecule has 0 aromatic rings. The minimum absolute atomic E-state index is 0.266. The van der Waals surface area contributed by atoms with E-state index in [1.165, 1.54) is 0 Å². The van der Waals surface area contributed by atoms with Gasteiger partial charge in [0.05, 0.1) is 0 Å². The molecule has 6 heteroatoms. The van der Waals surface area contributed by atoms with Crippen molar-refractivity contribution in [2.45, 2.75) is 0 Å². The second kappa shape index (κ2) is 2.51. The van der Waals surface area contributed by atoms with E-state index in [-0.39, 0.29) is 5.57 Å². The minimum atomic E-state index is -0.770. The predicted octanol–water partition coefficient (Wildman–Crippen LogP) is -2.44. The molecular formula is C5H5N3O3. The van der Waals surface area contributed by atoms with Gasteiger partial charge in [-0.1, -0.05) is 0 Å². The van der Waals surface area contributed by atoms with Gasteiger partial charge in [0, 0.05) is 6.08 Å². The maximum absolute atomic E-state index is 10.7. The van der Waals surface area contributed by atoms with Gasteiger partial charge in [-0.15, -0.1) is 0 Å². The van der Waals surface area contributed by atoms with Gasteiger partial charge in [-0.2, -0.15) is 0 Å². The van der Waals surface area contributed by atoms with E-state index in [4.69, 9.17) is 5.84 Å². The highest BCUT2D eigenvalue weighted by Crippen LogP contribution is 2.00. The van der Waals surface area contributed by atoms with E-state index in [0.29, 0.717) is 0 Å². The second-order valence-electron chi connectivity index (χ2n) is 1.85. The number of carbonyl (C=O) groups excluding carboxylic acids is 3. The smallest absolute Gasteiger partial charge is 0.270 e. The number of nitrogens with two attached hydrogens (primary N) is 1. The first-order chi connectivity index (χ1) is 5.15. The maximum atomic E-state index is 10.7. The fourth-order valence-electron chi connectivity index (χ4n) is 0.658. The molecule has 1 aliphatic heterocycles. The summed E-state index contributed by atoms with van der Waals surface area (Å²) < 4.78 is 0. The molecule has 4 N–H and O–H groups in total. The molecule has 1 rings (SSSR count). The normalized spacial score (nSPS) is 15.9. The van der Waals surface area contributed by atoms with Gasteiger partial charge in [-0.05, 0) is 0 Å². The lowest BCUT2D eigenvalue weighted by Gasteiger charge is -1.94. The number of hydrogen-bond acceptors (Lipinski definition) is 4. The summed E-state index contributed by atoms with van der Waals surface area (Å²) >= 11 is 0. The summed E-state index contributed by atoms with van der Waals surface area (Å²) in [5.74, 6) is 2.63. The van der Waals surface area contributed by atoms with E-state index in [1.807, 2.05) is 5.32 Å². The Kier molecular flexibility index (Phi) is 1.69. The molecule has 0 saturated carbocycles. The first-order valence-corrected chi connectivity index (χ1v) is 2.73. The maximum Gasteiger partial charge on any atom is 0.270 e. The molecule has 0 fully saturated rings. The van der Waals surface area contributed by atoms with E-state index in [1.54, 1.807) is 5.43 Å². The molecule has 3 amide bonds. The van der Waals surface area contributed by atoms with Gasteiger partial charge in [0.2, 0.25) is 0 Å². The van der Waals surface area contributed by atoms with E-state index >= 15 is 0 Å². The molecule has 6 nitrogen and oxygen atoms in total. The van der Waals surface area contributed by atoms with Gasteiger partial charge >= 0.3 is 0 Å². The molecule has 1 heterocycles. The van der Waals surface area contributed by atoms with Gasteiger partial charge in [-0.3, -0.25) is 25.1 Å². The standard InChI is InChI=1S/C5H5N3O3/c6-8-5(11)2-1-3(9)7-4(2)10/h1H,6H2,(H,8,11)(H,7,9,10). The number of carbonyl (C=O) groups is 3. The number of hydrogen-bond donors (Lipinski definition) is 3. The number of imide groups is 1. The molecule has 0 aromatic heterocycles. The highest BCUT2D eigenvalue weighted by molar-refractivity contribution is 6.29. The SMILES string of the molecule is NNC(=O)C1=CC(=O)NC1=O. The van der Waals surface area contributed by atoms with Crippen LogP contribution in [0.4, 0.5) is 0 Å². The third-order valence-corrected chi connectivity index (χ3v) is 1.13. The Balaban J connectivity index is 2.88. The Morgan fingerprint density at radius 3 is 2.55 bits per heavy atom. The molecule has 0 saturated heterocycles. The van der Waals surface area contributed by atoms with Crippen LogP contribution in [0, 0.1) is 0 Å². The van der Waals surface area contributed by atoms with Crippen LogP contribution < -0.4 is 16.6 Å². The quantitative estimate of drug-likeness (QED) is 0.129. The zero-order chi connectivity index (χ0) is 8.43. The topological polar surface area (TPSA) is 101 Å². The van der Waals surface area contributed by atoms with Crippen molar-refractivity contribution in [1.82, 2.24) is 10.7 Å². The monoisotopic (exact) mass is 155 g/mol. The van der Waals surface area contributed by atoms with E-state index in [0.717, 1.165) is 6.08 Å². The van der Waals surface area contributed by atoms with Crippen LogP contribution in [0.15, 0.2) is 11.6 Å². The fraction of sp³-hybridized carbons (Fsp3) is 0. The average Bonchev–Trinajstić information content (AvgIpc) is 2.28. The average molecular weight is 155 g/mol. The second-order valence-corrected chi connectivity index (χ2v) is 1.85. The molecule has 58 valence electrons. The zero-order valence-electron chi connectivity index (χ0n) is 5.38. The highest BCUT2D eigenvalue weighted by Gasteiger charge is 2.25. The van der Waals surface area contributed by atoms with Crippen LogP contribution >= 0.6 is 0 Å². The lowest BCUT2D eigenvalue weighted by molar-refractivity contribution is -0.125. The Morgan fingerprint density at radius 2 is 2.18 bits per heavy atom. The number of hydrazine groups is 1. The van der Waals surface area contributed by atoms with Gasteiger partial charge in [0.1, 0.15) is 5.57 Å². The van der Waals surface area contributed by atoms with E-state index in [9.17, 15) is 14.4 Å². The molecule has 0 spiro atoms. The first-order valence-electron chi connectivity index (χ1n) is 2.73. The Labute approximate surface area is 61.4 Å². The van der Waals surface area contributed by atoms with Crippen LogP contribution in [-0.4, -0.2) is 17.7 Å². The van der Waals surface area contributed by atoms with Crippen LogP contribution in [0.2, 0.25) is 0 Å². The largest absolute Gasteiger partial charge is 0.290 e. The van der Waals surface area contributed by atoms with E-state index < -0.39 is 17.7 Å². The molecule has 11 heavy (non-hydrogen) atoms. The van der Waals surface area contributed by atoms with Crippen molar-refractivity contribution < 1.29 is 14.4 Å². The fourth-order valence-corrected chi connectivity index (χ4v) is 0.658. The summed E-state index contributed by atoms with van der Waals surface area (Å²) in [6.45, 7) is 0. The predicted molar refractivity (Wildman–Crippen MR) is 33.6 cm³/mol. The van der Waals surface area contributed by atoms with Crippen LogP contribution in [0.1, 0.15) is 0 Å². The number of amides is 3. The van der Waals surface area contributed by atoms with Crippen molar-refractivity contribution in [1.29, 1.82) is 0 Å². The van der Waals surface area contributed by atoms with Crippen molar-refractivity contribution in [2.75, 3.05) is 0 Å². The number of nitrogens with one attached hydrogen (secondary N) is 2. The molecule has 0 unspecified atom stereocenters. The molecular weight excluding hydrogens is 150 g/mol. The molecule has 1 aliphatic rings. The minimum Gasteiger partial charge on any atom is -0.290 e. The number of rotatable bonds is 1. The molecule has 0 aliphatic carbocycles. The summed E-state index contributed by atoms with van der Waals surface area (Å²) in [6, 6.07) is 0. The van der Waals surface area contributed by atoms with Gasteiger partial charge in [-0.25, -0.2) is 5.84 Å². The Morgan fingerprint density at radius 1 is 1.55 bits per heavy atom. The summed E-state index contributed by atoms with van der Waals surface area (Å²) in [7, 11) is 0. The van der Waals surface area contributed by atoms with Crippen molar-refractivity contribution in [3.8, 4) is 0 Å². The Hall–Kier alpha value is -1.69. The first kappa shape index (κ1) is 7.42. The van der Waals surface area contributed by atoms with Crippen molar-refractivity contribution >= 4 is 17.7 Å². The summed E-state index contributed by atoms with van der Waals surface area (Å²) in [5.41, 5.74) is 1.47. The van der Waals surface area contributed by atoms with E-state index in [2.05, 4.69) is 0 Å². The molecule has 0 radical (unpaired) electrons. The van der Waals surface area contributed by atoms with Gasteiger partial charge in [0.25, 0.3) is 17.7 Å². The molecule has 0 bridgehead atoms. The van der Waals surface area contributed by atoms with Crippen LogP contribution in [0.3, 0.4) is 0 Å².